The number of amides is 2. The maximum Gasteiger partial charge on any atom is 0.317 e. The minimum atomic E-state index is -3.07. The Morgan fingerprint density at radius 1 is 1.12 bits per heavy atom. The van der Waals surface area contributed by atoms with Crippen LogP contribution in [0, 0.1) is 0 Å². The molecule has 1 aromatic rings. The molecule has 142 valence electrons. The molecule has 1 aromatic carbocycles. The number of carbonyl (C=O) groups excluding carboxylic acids is 1. The molecule has 2 heterocycles. The second-order valence-corrected chi connectivity index (χ2v) is 9.93. The monoisotopic (exact) mass is 397 g/mol. The summed E-state index contributed by atoms with van der Waals surface area (Å²) >= 11 is 5.92. The second kappa shape index (κ2) is 7.02. The van der Waals surface area contributed by atoms with Crippen molar-refractivity contribution < 1.29 is 13.2 Å². The standard InChI is InChI=1S/C18H24ClN3O3S/c19-14-4-2-13(3-5-14)16-12-17(16)20-18(23)21-9-6-15(7-10-21)22-8-1-11-26(22,24)25/h2-5,15-17H,1,6-12H2,(H,20,23)/t16-,17+/m0/s1. The van der Waals surface area contributed by atoms with Gasteiger partial charge in [-0.25, -0.2) is 13.2 Å². The molecule has 3 fully saturated rings. The van der Waals surface area contributed by atoms with Crippen molar-refractivity contribution in [3.05, 3.63) is 34.9 Å². The van der Waals surface area contributed by atoms with Gasteiger partial charge in [0.05, 0.1) is 5.75 Å². The highest BCUT2D eigenvalue weighted by atomic mass is 35.5. The second-order valence-electron chi connectivity index (χ2n) is 7.45. The van der Waals surface area contributed by atoms with Gasteiger partial charge in [-0.2, -0.15) is 4.31 Å². The zero-order valence-corrected chi connectivity index (χ0v) is 16.2. The van der Waals surface area contributed by atoms with Crippen LogP contribution in [0.25, 0.3) is 0 Å². The van der Waals surface area contributed by atoms with Gasteiger partial charge in [-0.3, -0.25) is 0 Å². The lowest BCUT2D eigenvalue weighted by molar-refractivity contribution is 0.160. The molecule has 0 spiro atoms. The number of hydrogen-bond donors (Lipinski definition) is 1. The summed E-state index contributed by atoms with van der Waals surface area (Å²) in [4.78, 5) is 14.3. The predicted molar refractivity (Wildman–Crippen MR) is 101 cm³/mol. The Balaban J connectivity index is 1.26. The number of piperidine rings is 1. The first-order chi connectivity index (χ1) is 12.4. The van der Waals surface area contributed by atoms with Crippen LogP contribution in [0.1, 0.15) is 37.2 Å². The Hall–Kier alpha value is -1.31. The molecule has 26 heavy (non-hydrogen) atoms. The molecule has 3 aliphatic rings. The normalized spacial score (nSPS) is 28.9. The topological polar surface area (TPSA) is 69.7 Å². The largest absolute Gasteiger partial charge is 0.335 e. The van der Waals surface area contributed by atoms with E-state index in [1.807, 2.05) is 29.2 Å². The molecule has 8 heteroatoms. The van der Waals surface area contributed by atoms with Gasteiger partial charge in [-0.15, -0.1) is 0 Å². The third kappa shape index (κ3) is 3.70. The zero-order chi connectivity index (χ0) is 18.3. The molecule has 4 rings (SSSR count). The first kappa shape index (κ1) is 18.1. The van der Waals surface area contributed by atoms with Gasteiger partial charge >= 0.3 is 6.03 Å². The number of sulfonamides is 1. The Labute approximate surface area is 159 Å². The zero-order valence-electron chi connectivity index (χ0n) is 14.6. The summed E-state index contributed by atoms with van der Waals surface area (Å²) in [7, 11) is -3.07. The van der Waals surface area contributed by atoms with Gasteiger partial charge in [0.1, 0.15) is 0 Å². The number of nitrogens with one attached hydrogen (secondary N) is 1. The van der Waals surface area contributed by atoms with Crippen LogP contribution in [0.15, 0.2) is 24.3 Å². The van der Waals surface area contributed by atoms with Crippen molar-refractivity contribution in [3.8, 4) is 0 Å². The van der Waals surface area contributed by atoms with Crippen LogP contribution >= 0.6 is 11.6 Å². The van der Waals surface area contributed by atoms with Crippen molar-refractivity contribution in [1.29, 1.82) is 0 Å². The minimum absolute atomic E-state index is 0.0332. The molecule has 1 aliphatic carbocycles. The lowest BCUT2D eigenvalue weighted by Crippen LogP contribution is -2.50. The van der Waals surface area contributed by atoms with Crippen molar-refractivity contribution in [1.82, 2.24) is 14.5 Å². The highest BCUT2D eigenvalue weighted by Crippen LogP contribution is 2.41. The molecule has 0 bridgehead atoms. The van der Waals surface area contributed by atoms with E-state index < -0.39 is 10.0 Å². The average molecular weight is 398 g/mol. The van der Waals surface area contributed by atoms with Gasteiger partial charge in [0.25, 0.3) is 0 Å². The van der Waals surface area contributed by atoms with Gasteiger partial charge < -0.3 is 10.2 Å². The van der Waals surface area contributed by atoms with Crippen molar-refractivity contribution >= 4 is 27.7 Å². The van der Waals surface area contributed by atoms with Crippen LogP contribution < -0.4 is 5.32 Å². The molecular formula is C18H24ClN3O3S. The Morgan fingerprint density at radius 3 is 2.42 bits per heavy atom. The van der Waals surface area contributed by atoms with E-state index in [4.69, 9.17) is 11.6 Å². The van der Waals surface area contributed by atoms with Gasteiger partial charge in [0.2, 0.25) is 10.0 Å². The Morgan fingerprint density at radius 2 is 1.81 bits per heavy atom. The average Bonchev–Trinajstić information content (AvgIpc) is 3.29. The number of carbonyl (C=O) groups is 1. The molecule has 0 unspecified atom stereocenters. The summed E-state index contributed by atoms with van der Waals surface area (Å²) in [5.41, 5.74) is 1.21. The summed E-state index contributed by atoms with van der Waals surface area (Å²) in [6.45, 7) is 1.85. The number of hydrogen-bond acceptors (Lipinski definition) is 3. The van der Waals surface area contributed by atoms with E-state index in [0.717, 1.165) is 30.7 Å². The highest BCUT2D eigenvalue weighted by molar-refractivity contribution is 7.89. The van der Waals surface area contributed by atoms with Crippen LogP contribution in [-0.2, 0) is 10.0 Å². The first-order valence-electron chi connectivity index (χ1n) is 9.24. The van der Waals surface area contributed by atoms with Crippen molar-refractivity contribution in [2.24, 2.45) is 0 Å². The van der Waals surface area contributed by atoms with E-state index in [0.29, 0.717) is 25.6 Å². The SMILES string of the molecule is O=C(N[C@@H]1C[C@H]1c1ccc(Cl)cc1)N1CCC(N2CCCS2(=O)=O)CC1. The molecule has 0 radical (unpaired) electrons. The van der Waals surface area contributed by atoms with Gasteiger partial charge in [-0.05, 0) is 43.4 Å². The third-order valence-electron chi connectivity index (χ3n) is 5.69. The Bertz CT molecular complexity index is 775. The number of likely N-dealkylation sites (tertiary alicyclic amines) is 1. The Kier molecular flexibility index (Phi) is 4.88. The lowest BCUT2D eigenvalue weighted by atomic mass is 10.1. The van der Waals surface area contributed by atoms with Crippen molar-refractivity contribution in [2.75, 3.05) is 25.4 Å². The van der Waals surface area contributed by atoms with E-state index in [-0.39, 0.29) is 23.9 Å². The van der Waals surface area contributed by atoms with Gasteiger partial charge in [0.15, 0.2) is 0 Å². The minimum Gasteiger partial charge on any atom is -0.335 e. The summed E-state index contributed by atoms with van der Waals surface area (Å²) in [5.74, 6) is 0.630. The van der Waals surface area contributed by atoms with Crippen LogP contribution in [0.5, 0.6) is 0 Å². The van der Waals surface area contributed by atoms with Crippen molar-refractivity contribution in [2.45, 2.75) is 43.7 Å². The molecular weight excluding hydrogens is 374 g/mol. The van der Waals surface area contributed by atoms with E-state index >= 15 is 0 Å². The summed E-state index contributed by atoms with van der Waals surface area (Å²) in [6, 6.07) is 7.99. The number of benzene rings is 1. The summed E-state index contributed by atoms with van der Waals surface area (Å²) < 4.78 is 25.7. The number of nitrogens with zero attached hydrogens (tertiary/aromatic N) is 2. The van der Waals surface area contributed by atoms with E-state index in [2.05, 4.69) is 5.32 Å². The summed E-state index contributed by atoms with van der Waals surface area (Å²) in [5, 5.41) is 3.83. The fourth-order valence-corrected chi connectivity index (χ4v) is 6.04. The number of urea groups is 1. The molecule has 1 saturated carbocycles. The van der Waals surface area contributed by atoms with Gasteiger partial charge in [-0.1, -0.05) is 23.7 Å². The molecule has 0 aromatic heterocycles. The smallest absolute Gasteiger partial charge is 0.317 e. The lowest BCUT2D eigenvalue weighted by Gasteiger charge is -2.35. The number of rotatable bonds is 3. The highest BCUT2D eigenvalue weighted by Gasteiger charge is 2.41. The number of halogens is 1. The first-order valence-corrected chi connectivity index (χ1v) is 11.2. The van der Waals surface area contributed by atoms with Crippen LogP contribution in [0.3, 0.4) is 0 Å². The maximum atomic E-state index is 12.5. The van der Waals surface area contributed by atoms with E-state index in [1.165, 1.54) is 5.56 Å². The maximum absolute atomic E-state index is 12.5. The van der Waals surface area contributed by atoms with Crippen LogP contribution in [0.2, 0.25) is 5.02 Å². The third-order valence-corrected chi connectivity index (χ3v) is 7.95. The quantitative estimate of drug-likeness (QED) is 0.851. The molecule has 6 nitrogen and oxygen atoms in total. The van der Waals surface area contributed by atoms with Crippen LogP contribution in [0.4, 0.5) is 4.79 Å². The molecule has 2 saturated heterocycles. The molecule has 1 N–H and O–H groups in total. The molecule has 2 atom stereocenters. The van der Waals surface area contributed by atoms with Crippen LogP contribution in [-0.4, -0.2) is 61.1 Å². The van der Waals surface area contributed by atoms with Gasteiger partial charge in [0, 0.05) is 42.7 Å². The summed E-state index contributed by atoms with van der Waals surface area (Å²) in [6.07, 6.45) is 3.11. The van der Waals surface area contributed by atoms with E-state index in [9.17, 15) is 13.2 Å². The van der Waals surface area contributed by atoms with E-state index in [1.54, 1.807) is 4.31 Å². The van der Waals surface area contributed by atoms with Crippen molar-refractivity contribution in [3.63, 3.8) is 0 Å². The fraction of sp³-hybridized carbons (Fsp3) is 0.611. The molecule has 2 aliphatic heterocycles. The fourth-order valence-electron chi connectivity index (χ4n) is 4.11. The predicted octanol–water partition coefficient (Wildman–Crippen LogP) is 2.41. The molecule has 2 amide bonds.